The number of esters is 2. The van der Waals surface area contributed by atoms with Crippen molar-refractivity contribution in [3.8, 4) is 0 Å². The summed E-state index contributed by atoms with van der Waals surface area (Å²) in [6, 6.07) is 0. The van der Waals surface area contributed by atoms with Crippen LogP contribution in [0, 0.1) is 5.41 Å². The number of hydrogen-bond donors (Lipinski definition) is 1. The molecule has 0 amide bonds. The molecule has 0 bridgehead atoms. The van der Waals surface area contributed by atoms with Crippen LogP contribution >= 0.6 is 0 Å². The van der Waals surface area contributed by atoms with E-state index in [1.54, 1.807) is 20.8 Å². The van der Waals surface area contributed by atoms with Crippen LogP contribution in [0.4, 0.5) is 0 Å². The highest BCUT2D eigenvalue weighted by atomic mass is 16.5. The highest BCUT2D eigenvalue weighted by Gasteiger charge is 2.34. The van der Waals surface area contributed by atoms with E-state index in [-0.39, 0.29) is 12.2 Å². The van der Waals surface area contributed by atoms with Gasteiger partial charge in [-0.2, -0.15) is 0 Å². The molecule has 0 aromatic carbocycles. The Bertz CT molecular complexity index is 347. The predicted molar refractivity (Wildman–Crippen MR) is 66.8 cm³/mol. The zero-order chi connectivity index (χ0) is 14.6. The van der Waals surface area contributed by atoms with Gasteiger partial charge in [0.1, 0.15) is 0 Å². The van der Waals surface area contributed by atoms with Crippen LogP contribution in [-0.4, -0.2) is 36.4 Å². The summed E-state index contributed by atoms with van der Waals surface area (Å²) in [7, 11) is 1.27. The summed E-state index contributed by atoms with van der Waals surface area (Å²) in [6.45, 7) is 8.00. The third-order valence-electron chi connectivity index (χ3n) is 2.37. The van der Waals surface area contributed by atoms with E-state index in [0.717, 1.165) is 0 Å². The molecule has 0 atom stereocenters. The highest BCUT2D eigenvalue weighted by molar-refractivity contribution is 5.92. The summed E-state index contributed by atoms with van der Waals surface area (Å²) in [5.74, 6) is -1.13. The van der Waals surface area contributed by atoms with Gasteiger partial charge >= 0.3 is 11.9 Å². The molecule has 0 heterocycles. The maximum atomic E-state index is 11.8. The first-order valence-corrected chi connectivity index (χ1v) is 5.77. The first-order chi connectivity index (χ1) is 8.06. The summed E-state index contributed by atoms with van der Waals surface area (Å²) in [4.78, 5) is 23.4. The van der Waals surface area contributed by atoms with Gasteiger partial charge in [-0.15, -0.1) is 0 Å². The molecule has 0 saturated heterocycles. The zero-order valence-corrected chi connectivity index (χ0v) is 11.9. The third-order valence-corrected chi connectivity index (χ3v) is 2.37. The van der Waals surface area contributed by atoms with Crippen molar-refractivity contribution >= 4 is 11.9 Å². The monoisotopic (exact) mass is 258 g/mol. The molecular formula is C13H22O5. The second-order valence-electron chi connectivity index (χ2n) is 5.05. The normalized spacial score (nSPS) is 13.2. The molecule has 0 aromatic heterocycles. The van der Waals surface area contributed by atoms with E-state index >= 15 is 0 Å². The van der Waals surface area contributed by atoms with Gasteiger partial charge in [0.05, 0.1) is 30.3 Å². The average Bonchev–Trinajstić information content (AvgIpc) is 2.23. The maximum absolute atomic E-state index is 11.8. The van der Waals surface area contributed by atoms with Gasteiger partial charge in [-0.3, -0.25) is 4.79 Å². The summed E-state index contributed by atoms with van der Waals surface area (Å²) in [6.07, 6.45) is 1.39. The summed E-state index contributed by atoms with van der Waals surface area (Å²) >= 11 is 0. The van der Waals surface area contributed by atoms with E-state index in [1.165, 1.54) is 27.0 Å². The second-order valence-corrected chi connectivity index (χ2v) is 5.05. The van der Waals surface area contributed by atoms with Crippen LogP contribution in [0.2, 0.25) is 0 Å². The van der Waals surface area contributed by atoms with Crippen molar-refractivity contribution in [3.63, 3.8) is 0 Å². The molecule has 0 aliphatic rings. The van der Waals surface area contributed by atoms with E-state index in [4.69, 9.17) is 4.74 Å². The van der Waals surface area contributed by atoms with Crippen LogP contribution in [0.1, 0.15) is 34.6 Å². The van der Waals surface area contributed by atoms with Gasteiger partial charge in [0.15, 0.2) is 0 Å². The van der Waals surface area contributed by atoms with Crippen molar-refractivity contribution in [2.75, 3.05) is 13.7 Å². The van der Waals surface area contributed by atoms with Crippen molar-refractivity contribution in [1.82, 2.24) is 0 Å². The molecule has 0 spiro atoms. The molecule has 0 radical (unpaired) electrons. The molecule has 0 saturated carbocycles. The molecule has 0 aromatic rings. The van der Waals surface area contributed by atoms with Crippen molar-refractivity contribution < 1.29 is 24.2 Å². The minimum absolute atomic E-state index is 0.0414. The first-order valence-electron chi connectivity index (χ1n) is 5.77. The van der Waals surface area contributed by atoms with E-state index in [2.05, 4.69) is 4.74 Å². The van der Waals surface area contributed by atoms with Gasteiger partial charge in [-0.1, -0.05) is 6.08 Å². The Morgan fingerprint density at radius 1 is 1.22 bits per heavy atom. The van der Waals surface area contributed by atoms with Crippen LogP contribution in [0.5, 0.6) is 0 Å². The number of methoxy groups -OCH3 is 1. The van der Waals surface area contributed by atoms with E-state index < -0.39 is 23.0 Å². The molecule has 18 heavy (non-hydrogen) atoms. The Morgan fingerprint density at radius 2 is 1.72 bits per heavy atom. The van der Waals surface area contributed by atoms with Crippen LogP contribution in [-0.2, 0) is 19.1 Å². The highest BCUT2D eigenvalue weighted by Crippen LogP contribution is 2.27. The van der Waals surface area contributed by atoms with E-state index in [9.17, 15) is 14.7 Å². The molecular weight excluding hydrogens is 236 g/mol. The largest absolute Gasteiger partial charge is 0.468 e. The van der Waals surface area contributed by atoms with Crippen molar-refractivity contribution in [3.05, 3.63) is 11.6 Å². The summed E-state index contributed by atoms with van der Waals surface area (Å²) in [5, 5.41) is 9.97. The van der Waals surface area contributed by atoms with E-state index in [1.807, 2.05) is 0 Å². The topological polar surface area (TPSA) is 72.8 Å². The van der Waals surface area contributed by atoms with Crippen LogP contribution in [0.3, 0.4) is 0 Å². The van der Waals surface area contributed by atoms with Crippen LogP contribution < -0.4 is 0 Å². The number of carbonyl (C=O) groups is 2. The van der Waals surface area contributed by atoms with Crippen molar-refractivity contribution in [2.24, 2.45) is 5.41 Å². The fraction of sp³-hybridized carbons (Fsp3) is 0.692. The second kappa shape index (κ2) is 6.00. The minimum Gasteiger partial charge on any atom is -0.468 e. The average molecular weight is 258 g/mol. The zero-order valence-electron chi connectivity index (χ0n) is 11.9. The Morgan fingerprint density at radius 3 is 2.06 bits per heavy atom. The standard InChI is InChI=1S/C13H22O5/c1-7-18-10(14)9(13(4,5)16)8-12(2,3)11(15)17-6/h8,16H,7H2,1-6H3/b9-8+. The molecule has 1 N–H and O–H groups in total. The van der Waals surface area contributed by atoms with Crippen LogP contribution in [0.15, 0.2) is 11.6 Å². The molecule has 0 aliphatic carbocycles. The number of aliphatic hydroxyl groups is 1. The number of ether oxygens (including phenoxy) is 2. The first kappa shape index (κ1) is 16.6. The minimum atomic E-state index is -1.39. The number of carbonyl (C=O) groups excluding carboxylic acids is 2. The van der Waals surface area contributed by atoms with Gasteiger partial charge in [-0.05, 0) is 34.6 Å². The van der Waals surface area contributed by atoms with E-state index in [0.29, 0.717) is 0 Å². The van der Waals surface area contributed by atoms with Gasteiger partial charge in [0.2, 0.25) is 0 Å². The molecule has 0 aliphatic heterocycles. The van der Waals surface area contributed by atoms with Crippen molar-refractivity contribution in [1.29, 1.82) is 0 Å². The SMILES string of the molecule is CCOC(=O)/C(=C\C(C)(C)C(=O)OC)C(C)(C)O. The Hall–Kier alpha value is -1.36. The van der Waals surface area contributed by atoms with Gasteiger partial charge < -0.3 is 14.6 Å². The fourth-order valence-corrected chi connectivity index (χ4v) is 1.38. The Labute approximate surface area is 108 Å². The van der Waals surface area contributed by atoms with Gasteiger partial charge in [0.25, 0.3) is 0 Å². The Kier molecular flexibility index (Phi) is 5.55. The molecule has 0 fully saturated rings. The van der Waals surface area contributed by atoms with Gasteiger partial charge in [-0.25, -0.2) is 4.79 Å². The molecule has 5 nitrogen and oxygen atoms in total. The lowest BCUT2D eigenvalue weighted by Gasteiger charge is -2.25. The Balaban J connectivity index is 5.46. The maximum Gasteiger partial charge on any atom is 0.336 e. The van der Waals surface area contributed by atoms with Crippen molar-refractivity contribution in [2.45, 2.75) is 40.2 Å². The summed E-state index contributed by atoms with van der Waals surface area (Å²) < 4.78 is 9.52. The van der Waals surface area contributed by atoms with Gasteiger partial charge in [0, 0.05) is 0 Å². The molecule has 0 unspecified atom stereocenters. The van der Waals surface area contributed by atoms with Crippen LogP contribution in [0.25, 0.3) is 0 Å². The lowest BCUT2D eigenvalue weighted by molar-refractivity contribution is -0.148. The fourth-order valence-electron chi connectivity index (χ4n) is 1.38. The smallest absolute Gasteiger partial charge is 0.336 e. The quantitative estimate of drug-likeness (QED) is 0.597. The summed E-state index contributed by atoms with van der Waals surface area (Å²) in [5.41, 5.74) is -2.37. The predicted octanol–water partition coefficient (Wildman–Crippen LogP) is 1.45. The molecule has 0 rings (SSSR count). The number of rotatable bonds is 5. The third kappa shape index (κ3) is 4.49. The molecule has 104 valence electrons. The number of hydrogen-bond acceptors (Lipinski definition) is 5. The lowest BCUT2D eigenvalue weighted by atomic mass is 9.86. The lowest BCUT2D eigenvalue weighted by Crippen LogP contribution is -2.33. The molecule has 5 heteroatoms.